The van der Waals surface area contributed by atoms with Crippen molar-refractivity contribution in [3.63, 3.8) is 0 Å². The Morgan fingerprint density at radius 3 is 2.21 bits per heavy atom. The molecule has 0 bridgehead atoms. The van der Waals surface area contributed by atoms with Crippen molar-refractivity contribution in [3.05, 3.63) is 58.6 Å². The summed E-state index contributed by atoms with van der Waals surface area (Å²) in [5.74, 6) is 0. The Hall–Kier alpha value is -1.93. The largest absolute Gasteiger partial charge is 0.298 e. The van der Waals surface area contributed by atoms with Crippen LogP contribution in [0.3, 0.4) is 0 Å². The first-order chi connectivity index (χ1) is 9.29. The van der Waals surface area contributed by atoms with Crippen molar-refractivity contribution in [1.29, 1.82) is 0 Å². The molecule has 1 nitrogen and oxygen atoms in total. The summed E-state index contributed by atoms with van der Waals surface area (Å²) >= 11 is 3.57. The lowest BCUT2D eigenvalue weighted by Gasteiger charge is -2.13. The van der Waals surface area contributed by atoms with Crippen molar-refractivity contribution in [3.8, 4) is 0 Å². The van der Waals surface area contributed by atoms with E-state index in [1.54, 1.807) is 0 Å². The SMILES string of the molecule is O=Cc1cc(Br)c2ccc3cccc4ccc1c2c34. The van der Waals surface area contributed by atoms with Crippen molar-refractivity contribution in [1.82, 2.24) is 0 Å². The van der Waals surface area contributed by atoms with Crippen LogP contribution in [0.15, 0.2) is 53.0 Å². The lowest BCUT2D eigenvalue weighted by Crippen LogP contribution is -1.89. The highest BCUT2D eigenvalue weighted by Gasteiger charge is 2.12. The number of halogens is 1. The third kappa shape index (κ3) is 1.38. The van der Waals surface area contributed by atoms with Crippen LogP contribution in [0.5, 0.6) is 0 Å². The summed E-state index contributed by atoms with van der Waals surface area (Å²) < 4.78 is 0.973. The maximum Gasteiger partial charge on any atom is 0.150 e. The molecule has 0 fully saturated rings. The molecular formula is C17H9BrO. The fourth-order valence-corrected chi connectivity index (χ4v) is 3.49. The van der Waals surface area contributed by atoms with E-state index in [1.165, 1.54) is 21.5 Å². The van der Waals surface area contributed by atoms with Gasteiger partial charge in [0.15, 0.2) is 6.29 Å². The molecule has 2 heteroatoms. The molecule has 0 N–H and O–H groups in total. The number of rotatable bonds is 1. The first-order valence-corrected chi connectivity index (χ1v) is 6.90. The fraction of sp³-hybridized carbons (Fsp3) is 0. The molecular weight excluding hydrogens is 300 g/mol. The van der Waals surface area contributed by atoms with E-state index in [2.05, 4.69) is 52.3 Å². The third-order valence-electron chi connectivity index (χ3n) is 3.75. The minimum atomic E-state index is 0.734. The predicted octanol–water partition coefficient (Wildman–Crippen LogP) is 5.16. The normalized spacial score (nSPS) is 11.6. The van der Waals surface area contributed by atoms with Crippen LogP contribution in [0, 0.1) is 0 Å². The zero-order chi connectivity index (χ0) is 13.0. The molecule has 4 rings (SSSR count). The van der Waals surface area contributed by atoms with Crippen molar-refractivity contribution >= 4 is 54.5 Å². The van der Waals surface area contributed by atoms with Gasteiger partial charge in [0.2, 0.25) is 0 Å². The zero-order valence-corrected chi connectivity index (χ0v) is 11.6. The predicted molar refractivity (Wildman–Crippen MR) is 83.2 cm³/mol. The monoisotopic (exact) mass is 308 g/mol. The zero-order valence-electron chi connectivity index (χ0n) is 9.98. The summed E-state index contributed by atoms with van der Waals surface area (Å²) in [7, 11) is 0. The summed E-state index contributed by atoms with van der Waals surface area (Å²) in [4.78, 5) is 11.3. The summed E-state index contributed by atoms with van der Waals surface area (Å²) in [6, 6.07) is 16.6. The van der Waals surface area contributed by atoms with Gasteiger partial charge in [0.05, 0.1) is 0 Å². The first kappa shape index (κ1) is 10.9. The van der Waals surface area contributed by atoms with Gasteiger partial charge in [0.1, 0.15) is 0 Å². The lowest BCUT2D eigenvalue weighted by molar-refractivity contribution is 0.112. The van der Waals surface area contributed by atoms with Gasteiger partial charge in [-0.05, 0) is 38.4 Å². The molecule has 19 heavy (non-hydrogen) atoms. The Bertz CT molecular complexity index is 924. The van der Waals surface area contributed by atoms with Gasteiger partial charge >= 0.3 is 0 Å². The van der Waals surface area contributed by atoms with Gasteiger partial charge in [0, 0.05) is 10.0 Å². The van der Waals surface area contributed by atoms with Crippen LogP contribution in [0.1, 0.15) is 10.4 Å². The first-order valence-electron chi connectivity index (χ1n) is 6.11. The molecule has 0 saturated carbocycles. The lowest BCUT2D eigenvalue weighted by atomic mass is 9.92. The Morgan fingerprint density at radius 1 is 0.842 bits per heavy atom. The summed E-state index contributed by atoms with van der Waals surface area (Å²) in [5, 5.41) is 7.02. The molecule has 4 aromatic rings. The molecule has 90 valence electrons. The number of aldehydes is 1. The summed E-state index contributed by atoms with van der Waals surface area (Å²) in [5.41, 5.74) is 0.734. The minimum Gasteiger partial charge on any atom is -0.298 e. The molecule has 4 aromatic carbocycles. The van der Waals surface area contributed by atoms with Crippen LogP contribution < -0.4 is 0 Å². The van der Waals surface area contributed by atoms with Crippen LogP contribution in [-0.4, -0.2) is 6.29 Å². The van der Waals surface area contributed by atoms with Crippen LogP contribution in [0.4, 0.5) is 0 Å². The number of hydrogen-bond acceptors (Lipinski definition) is 1. The smallest absolute Gasteiger partial charge is 0.150 e. The Labute approximate surface area is 118 Å². The minimum absolute atomic E-state index is 0.734. The topological polar surface area (TPSA) is 17.1 Å². The van der Waals surface area contributed by atoms with Crippen molar-refractivity contribution < 1.29 is 4.79 Å². The Kier molecular flexibility index (Phi) is 2.18. The van der Waals surface area contributed by atoms with E-state index < -0.39 is 0 Å². The van der Waals surface area contributed by atoms with Crippen molar-refractivity contribution in [2.45, 2.75) is 0 Å². The highest BCUT2D eigenvalue weighted by atomic mass is 79.9. The molecule has 0 aliphatic heterocycles. The van der Waals surface area contributed by atoms with Crippen molar-refractivity contribution in [2.75, 3.05) is 0 Å². The quantitative estimate of drug-likeness (QED) is 0.351. The van der Waals surface area contributed by atoms with Gasteiger partial charge in [-0.15, -0.1) is 0 Å². The Morgan fingerprint density at radius 2 is 1.53 bits per heavy atom. The fourth-order valence-electron chi connectivity index (χ4n) is 2.91. The van der Waals surface area contributed by atoms with Crippen molar-refractivity contribution in [2.24, 2.45) is 0 Å². The summed E-state index contributed by atoms with van der Waals surface area (Å²) in [6.07, 6.45) is 0.927. The highest BCUT2D eigenvalue weighted by Crippen LogP contribution is 2.38. The van der Waals surface area contributed by atoms with E-state index >= 15 is 0 Å². The second-order valence-electron chi connectivity index (χ2n) is 4.75. The van der Waals surface area contributed by atoms with Crippen LogP contribution in [-0.2, 0) is 0 Å². The molecule has 0 saturated heterocycles. The molecule has 0 atom stereocenters. The molecule has 0 radical (unpaired) electrons. The van der Waals surface area contributed by atoms with E-state index in [4.69, 9.17) is 0 Å². The van der Waals surface area contributed by atoms with E-state index in [-0.39, 0.29) is 0 Å². The molecule has 0 heterocycles. The van der Waals surface area contributed by atoms with Gasteiger partial charge in [-0.2, -0.15) is 0 Å². The highest BCUT2D eigenvalue weighted by molar-refractivity contribution is 9.10. The molecule has 0 aliphatic rings. The van der Waals surface area contributed by atoms with E-state index in [0.717, 1.165) is 27.1 Å². The van der Waals surface area contributed by atoms with Gasteiger partial charge in [-0.25, -0.2) is 0 Å². The Balaban J connectivity index is 2.45. The van der Waals surface area contributed by atoms with Gasteiger partial charge in [-0.1, -0.05) is 58.4 Å². The third-order valence-corrected chi connectivity index (χ3v) is 4.41. The summed E-state index contributed by atoms with van der Waals surface area (Å²) in [6.45, 7) is 0. The standard InChI is InChI=1S/C17H9BrO/c18-15-8-12(9-19)13-6-4-10-2-1-3-11-5-7-14(15)17(13)16(10)11/h1-9H. The number of carbonyl (C=O) groups excluding carboxylic acids is 1. The van der Waals surface area contributed by atoms with Gasteiger partial charge < -0.3 is 0 Å². The van der Waals surface area contributed by atoms with E-state index in [1.807, 2.05) is 12.1 Å². The number of hydrogen-bond donors (Lipinski definition) is 0. The maximum absolute atomic E-state index is 11.3. The second kappa shape index (κ2) is 3.78. The molecule has 0 amide bonds. The molecule has 0 unspecified atom stereocenters. The van der Waals surface area contributed by atoms with Crippen LogP contribution in [0.25, 0.3) is 32.3 Å². The number of carbonyl (C=O) groups is 1. The van der Waals surface area contributed by atoms with Crippen LogP contribution in [0.2, 0.25) is 0 Å². The molecule has 0 aliphatic carbocycles. The molecule has 0 aromatic heterocycles. The van der Waals surface area contributed by atoms with E-state index in [0.29, 0.717) is 0 Å². The average molecular weight is 309 g/mol. The second-order valence-corrected chi connectivity index (χ2v) is 5.60. The molecule has 0 spiro atoms. The average Bonchev–Trinajstić information content (AvgIpc) is 2.46. The van der Waals surface area contributed by atoms with Gasteiger partial charge in [-0.3, -0.25) is 4.79 Å². The van der Waals surface area contributed by atoms with Crippen LogP contribution >= 0.6 is 15.9 Å². The van der Waals surface area contributed by atoms with E-state index in [9.17, 15) is 4.79 Å². The number of benzene rings is 4. The maximum atomic E-state index is 11.3. The van der Waals surface area contributed by atoms with Gasteiger partial charge in [0.25, 0.3) is 0 Å².